The van der Waals surface area contributed by atoms with E-state index in [2.05, 4.69) is 67.0 Å². The minimum Gasteiger partial charge on any atom is -0.372 e. The molecule has 1 heterocycles. The lowest BCUT2D eigenvalue weighted by molar-refractivity contribution is -0.0236. The maximum atomic E-state index is 6.08. The second kappa shape index (κ2) is 5.75. The fraction of sp³-hybridized carbons (Fsp3) is 0.625. The van der Waals surface area contributed by atoms with Crippen molar-refractivity contribution in [3.8, 4) is 0 Å². The van der Waals surface area contributed by atoms with Crippen LogP contribution in [0.25, 0.3) is 0 Å². The van der Waals surface area contributed by atoms with Gasteiger partial charge in [-0.05, 0) is 44.6 Å². The molecule has 1 saturated heterocycles. The summed E-state index contributed by atoms with van der Waals surface area (Å²) in [6, 6.07) is 10.7. The van der Waals surface area contributed by atoms with Gasteiger partial charge in [-0.15, -0.1) is 0 Å². The molecule has 0 saturated carbocycles. The molecule has 1 nitrogen and oxygen atoms in total. The quantitative estimate of drug-likeness (QED) is 0.702. The summed E-state index contributed by atoms with van der Waals surface area (Å²) in [6.07, 6.45) is 3.95. The van der Waals surface area contributed by atoms with Gasteiger partial charge in [0.1, 0.15) is 0 Å². The zero-order valence-corrected chi connectivity index (χ0v) is 13.1. The zero-order chi connectivity index (χ0) is 13.2. The predicted octanol–water partition coefficient (Wildman–Crippen LogP) is 5.11. The summed E-state index contributed by atoms with van der Waals surface area (Å²) in [6.45, 7) is 6.70. The second-order valence-corrected chi connectivity index (χ2v) is 7.05. The van der Waals surface area contributed by atoms with Crippen molar-refractivity contribution in [1.29, 1.82) is 0 Å². The van der Waals surface area contributed by atoms with Crippen LogP contribution < -0.4 is 0 Å². The molecule has 1 aliphatic rings. The topological polar surface area (TPSA) is 9.23 Å². The number of hydrogen-bond donors (Lipinski definition) is 0. The summed E-state index contributed by atoms with van der Waals surface area (Å²) < 4.78 is 6.08. The molecule has 0 N–H and O–H groups in total. The molecule has 1 aromatic rings. The first kappa shape index (κ1) is 14.1. The van der Waals surface area contributed by atoms with Gasteiger partial charge in [0, 0.05) is 4.83 Å². The van der Waals surface area contributed by atoms with Gasteiger partial charge in [-0.3, -0.25) is 0 Å². The SMILES string of the molecule is CC(CC1CCC(C)(C)O1)C(Br)c1ccccc1. The molecule has 0 bridgehead atoms. The van der Waals surface area contributed by atoms with Crippen molar-refractivity contribution in [2.75, 3.05) is 0 Å². The number of halogens is 1. The molecule has 1 fully saturated rings. The second-order valence-electron chi connectivity index (χ2n) is 6.06. The number of alkyl halides is 1. The van der Waals surface area contributed by atoms with Crippen LogP contribution in [-0.2, 0) is 4.74 Å². The van der Waals surface area contributed by atoms with Crippen LogP contribution in [0.2, 0.25) is 0 Å². The van der Waals surface area contributed by atoms with Gasteiger partial charge in [-0.1, -0.05) is 53.2 Å². The summed E-state index contributed by atoms with van der Waals surface area (Å²) >= 11 is 3.83. The molecule has 0 spiro atoms. The molecule has 3 atom stereocenters. The summed E-state index contributed by atoms with van der Waals surface area (Å²) in [4.78, 5) is 0.422. The Morgan fingerprint density at radius 1 is 1.33 bits per heavy atom. The van der Waals surface area contributed by atoms with Gasteiger partial charge in [0.25, 0.3) is 0 Å². The van der Waals surface area contributed by atoms with Gasteiger partial charge in [0.15, 0.2) is 0 Å². The normalized spacial score (nSPS) is 25.9. The molecule has 18 heavy (non-hydrogen) atoms. The van der Waals surface area contributed by atoms with Crippen molar-refractivity contribution in [3.63, 3.8) is 0 Å². The standard InChI is InChI=1S/C16H23BrO/c1-12(11-14-9-10-16(2,3)18-14)15(17)13-7-5-4-6-8-13/h4-8,12,14-15H,9-11H2,1-3H3. The lowest BCUT2D eigenvalue weighted by Gasteiger charge is -2.24. The van der Waals surface area contributed by atoms with E-state index >= 15 is 0 Å². The van der Waals surface area contributed by atoms with Crippen LogP contribution in [0.1, 0.15) is 50.4 Å². The Balaban J connectivity index is 1.90. The van der Waals surface area contributed by atoms with E-state index in [1.54, 1.807) is 0 Å². The molecule has 1 aliphatic heterocycles. The third-order valence-electron chi connectivity index (χ3n) is 3.81. The van der Waals surface area contributed by atoms with Gasteiger partial charge < -0.3 is 4.74 Å². The van der Waals surface area contributed by atoms with Crippen molar-refractivity contribution in [2.24, 2.45) is 5.92 Å². The van der Waals surface area contributed by atoms with E-state index in [0.717, 1.165) is 6.42 Å². The van der Waals surface area contributed by atoms with Gasteiger partial charge in [0.2, 0.25) is 0 Å². The number of benzene rings is 1. The first-order valence-electron chi connectivity index (χ1n) is 6.85. The predicted molar refractivity (Wildman–Crippen MR) is 80.1 cm³/mol. The van der Waals surface area contributed by atoms with Crippen LogP contribution in [0.4, 0.5) is 0 Å². The molecule has 0 radical (unpaired) electrons. The Morgan fingerprint density at radius 3 is 2.56 bits per heavy atom. The van der Waals surface area contributed by atoms with E-state index in [1.165, 1.54) is 18.4 Å². The Labute approximate surface area is 119 Å². The van der Waals surface area contributed by atoms with E-state index in [9.17, 15) is 0 Å². The zero-order valence-electron chi connectivity index (χ0n) is 11.5. The average Bonchev–Trinajstić information content (AvgIpc) is 2.68. The van der Waals surface area contributed by atoms with E-state index in [0.29, 0.717) is 16.8 Å². The lowest BCUT2D eigenvalue weighted by Crippen LogP contribution is -2.21. The molecule has 0 amide bonds. The third-order valence-corrected chi connectivity index (χ3v) is 5.24. The Morgan fingerprint density at radius 2 is 2.00 bits per heavy atom. The maximum Gasteiger partial charge on any atom is 0.0631 e. The van der Waals surface area contributed by atoms with Crippen LogP contribution >= 0.6 is 15.9 Å². The lowest BCUT2D eigenvalue weighted by atomic mass is 9.94. The average molecular weight is 311 g/mol. The summed E-state index contributed by atoms with van der Waals surface area (Å²) in [7, 11) is 0. The number of hydrogen-bond acceptors (Lipinski definition) is 1. The maximum absolute atomic E-state index is 6.08. The van der Waals surface area contributed by atoms with Gasteiger partial charge in [-0.2, -0.15) is 0 Å². The van der Waals surface area contributed by atoms with Crippen molar-refractivity contribution < 1.29 is 4.74 Å². The highest BCUT2D eigenvalue weighted by Gasteiger charge is 2.33. The van der Waals surface area contributed by atoms with Crippen molar-refractivity contribution in [2.45, 2.75) is 56.6 Å². The molecule has 0 aliphatic carbocycles. The van der Waals surface area contributed by atoms with Crippen LogP contribution in [0.5, 0.6) is 0 Å². The van der Waals surface area contributed by atoms with Gasteiger partial charge in [-0.25, -0.2) is 0 Å². The van der Waals surface area contributed by atoms with E-state index < -0.39 is 0 Å². The van der Waals surface area contributed by atoms with Crippen LogP contribution in [0.3, 0.4) is 0 Å². The number of ether oxygens (including phenoxy) is 1. The smallest absolute Gasteiger partial charge is 0.0631 e. The molecule has 100 valence electrons. The molecule has 0 aromatic heterocycles. The minimum atomic E-state index is 0.0823. The van der Waals surface area contributed by atoms with Gasteiger partial charge in [0.05, 0.1) is 11.7 Å². The minimum absolute atomic E-state index is 0.0823. The summed E-state index contributed by atoms with van der Waals surface area (Å²) in [5.41, 5.74) is 1.45. The van der Waals surface area contributed by atoms with Crippen LogP contribution in [0, 0.1) is 5.92 Å². The molecule has 2 rings (SSSR count). The number of rotatable bonds is 4. The van der Waals surface area contributed by atoms with Crippen LogP contribution in [-0.4, -0.2) is 11.7 Å². The highest BCUT2D eigenvalue weighted by Crippen LogP contribution is 2.38. The van der Waals surface area contributed by atoms with E-state index in [1.807, 2.05) is 0 Å². The first-order chi connectivity index (χ1) is 8.48. The Kier molecular flexibility index (Phi) is 4.50. The van der Waals surface area contributed by atoms with E-state index in [-0.39, 0.29) is 5.60 Å². The van der Waals surface area contributed by atoms with Crippen LogP contribution in [0.15, 0.2) is 30.3 Å². The highest BCUT2D eigenvalue weighted by molar-refractivity contribution is 9.09. The highest BCUT2D eigenvalue weighted by atomic mass is 79.9. The summed E-state index contributed by atoms with van der Waals surface area (Å²) in [5.74, 6) is 0.589. The molecule has 2 heteroatoms. The van der Waals surface area contributed by atoms with Gasteiger partial charge >= 0.3 is 0 Å². The molecule has 1 aromatic carbocycles. The third kappa shape index (κ3) is 3.58. The Hall–Kier alpha value is -0.340. The summed E-state index contributed by atoms with van der Waals surface area (Å²) in [5, 5.41) is 0. The van der Waals surface area contributed by atoms with Crippen molar-refractivity contribution in [3.05, 3.63) is 35.9 Å². The van der Waals surface area contributed by atoms with Crippen molar-refractivity contribution in [1.82, 2.24) is 0 Å². The molecular weight excluding hydrogens is 288 g/mol. The molecular formula is C16H23BrO. The van der Waals surface area contributed by atoms with Crippen molar-refractivity contribution >= 4 is 15.9 Å². The molecule has 3 unspecified atom stereocenters. The van der Waals surface area contributed by atoms with E-state index in [4.69, 9.17) is 4.74 Å². The monoisotopic (exact) mass is 310 g/mol. The fourth-order valence-electron chi connectivity index (χ4n) is 2.74. The Bertz CT molecular complexity index is 374. The largest absolute Gasteiger partial charge is 0.372 e. The fourth-order valence-corrected chi connectivity index (χ4v) is 3.26. The first-order valence-corrected chi connectivity index (χ1v) is 7.76.